The lowest BCUT2D eigenvalue weighted by Gasteiger charge is -2.10. The third-order valence-electron chi connectivity index (χ3n) is 5.50. The molecule has 3 saturated carbocycles. The molecule has 2 bridgehead atoms. The maximum atomic E-state index is 11.3. The Morgan fingerprint density at radius 1 is 1.35 bits per heavy atom. The number of hydrogen-bond donors (Lipinski definition) is 1. The quantitative estimate of drug-likeness (QED) is 0.852. The van der Waals surface area contributed by atoms with Crippen molar-refractivity contribution in [3.8, 4) is 0 Å². The molecule has 3 fully saturated rings. The Kier molecular flexibility index (Phi) is 2.81. The Bertz CT molecular complexity index is 512. The van der Waals surface area contributed by atoms with Gasteiger partial charge >= 0.3 is 5.97 Å². The van der Waals surface area contributed by atoms with E-state index in [1.54, 1.807) is 12.3 Å². The first-order valence-electron chi connectivity index (χ1n) is 7.54. The Labute approximate surface area is 118 Å². The highest BCUT2D eigenvalue weighted by Crippen LogP contribution is 2.65. The Morgan fingerprint density at radius 3 is 2.70 bits per heavy atom. The van der Waals surface area contributed by atoms with Gasteiger partial charge in [-0.3, -0.25) is 4.98 Å². The summed E-state index contributed by atoms with van der Waals surface area (Å²) in [5.74, 6) is 3.56. The molecule has 3 aliphatic carbocycles. The fourth-order valence-electron chi connectivity index (χ4n) is 4.59. The van der Waals surface area contributed by atoms with E-state index < -0.39 is 0 Å². The standard InChI is InChI=1S/C16H20N2O2/c1-20-16(19)11-4-5-12(17-7-11)8-18-15-13-9-2-3-10(6-9)14(13)15/h4-5,7,9-10,13-15,18H,2-3,6,8H2,1H3. The Hall–Kier alpha value is -1.42. The van der Waals surface area contributed by atoms with Crippen LogP contribution in [0.1, 0.15) is 35.3 Å². The van der Waals surface area contributed by atoms with Crippen molar-refractivity contribution >= 4 is 5.97 Å². The summed E-state index contributed by atoms with van der Waals surface area (Å²) < 4.78 is 4.67. The van der Waals surface area contributed by atoms with E-state index in [1.807, 2.05) is 6.07 Å². The number of hydrogen-bond acceptors (Lipinski definition) is 4. The van der Waals surface area contributed by atoms with Crippen molar-refractivity contribution in [2.45, 2.75) is 31.8 Å². The van der Waals surface area contributed by atoms with Crippen molar-refractivity contribution in [1.82, 2.24) is 10.3 Å². The number of pyridine rings is 1. The molecule has 106 valence electrons. The van der Waals surface area contributed by atoms with Gasteiger partial charge in [0.05, 0.1) is 18.4 Å². The molecule has 1 heterocycles. The second-order valence-electron chi connectivity index (χ2n) is 6.42. The van der Waals surface area contributed by atoms with E-state index in [0.717, 1.165) is 42.0 Å². The molecule has 4 rings (SSSR count). The van der Waals surface area contributed by atoms with Gasteiger partial charge < -0.3 is 10.1 Å². The predicted molar refractivity (Wildman–Crippen MR) is 74.0 cm³/mol. The van der Waals surface area contributed by atoms with E-state index in [0.29, 0.717) is 5.56 Å². The number of carbonyl (C=O) groups is 1. The minimum absolute atomic E-state index is 0.328. The molecule has 1 aromatic heterocycles. The highest BCUT2D eigenvalue weighted by Gasteiger charge is 2.64. The third kappa shape index (κ3) is 1.85. The van der Waals surface area contributed by atoms with Crippen LogP contribution in [-0.2, 0) is 11.3 Å². The van der Waals surface area contributed by atoms with Gasteiger partial charge in [0.2, 0.25) is 0 Å². The van der Waals surface area contributed by atoms with E-state index in [4.69, 9.17) is 0 Å². The molecule has 4 unspecified atom stereocenters. The highest BCUT2D eigenvalue weighted by molar-refractivity contribution is 5.88. The van der Waals surface area contributed by atoms with Gasteiger partial charge in [0.1, 0.15) is 0 Å². The van der Waals surface area contributed by atoms with Crippen LogP contribution in [0.15, 0.2) is 18.3 Å². The molecular weight excluding hydrogens is 252 g/mol. The van der Waals surface area contributed by atoms with Crippen LogP contribution in [0.3, 0.4) is 0 Å². The number of fused-ring (bicyclic) bond motifs is 5. The molecular formula is C16H20N2O2. The van der Waals surface area contributed by atoms with Crippen LogP contribution in [0, 0.1) is 23.7 Å². The van der Waals surface area contributed by atoms with Crippen molar-refractivity contribution < 1.29 is 9.53 Å². The number of rotatable bonds is 4. The van der Waals surface area contributed by atoms with Crippen molar-refractivity contribution in [2.24, 2.45) is 23.7 Å². The van der Waals surface area contributed by atoms with Crippen molar-refractivity contribution in [1.29, 1.82) is 0 Å². The normalized spacial score (nSPS) is 36.8. The predicted octanol–water partition coefficient (Wildman–Crippen LogP) is 2.00. The molecule has 3 aliphatic rings. The van der Waals surface area contributed by atoms with Gasteiger partial charge in [-0.15, -0.1) is 0 Å². The average Bonchev–Trinajstić information content (AvgIpc) is 2.88. The molecule has 0 amide bonds. The molecule has 4 nitrogen and oxygen atoms in total. The molecule has 0 radical (unpaired) electrons. The molecule has 4 atom stereocenters. The van der Waals surface area contributed by atoms with Gasteiger partial charge in [0, 0.05) is 18.8 Å². The zero-order chi connectivity index (χ0) is 13.7. The molecule has 1 aromatic rings. The van der Waals surface area contributed by atoms with Crippen molar-refractivity contribution in [3.05, 3.63) is 29.6 Å². The summed E-state index contributed by atoms with van der Waals surface area (Å²) in [6, 6.07) is 4.42. The minimum Gasteiger partial charge on any atom is -0.465 e. The van der Waals surface area contributed by atoms with E-state index in [1.165, 1.54) is 26.4 Å². The fraction of sp³-hybridized carbons (Fsp3) is 0.625. The van der Waals surface area contributed by atoms with Gasteiger partial charge in [-0.05, 0) is 55.1 Å². The maximum absolute atomic E-state index is 11.3. The van der Waals surface area contributed by atoms with Crippen LogP contribution in [0.25, 0.3) is 0 Å². The van der Waals surface area contributed by atoms with Crippen molar-refractivity contribution in [2.75, 3.05) is 7.11 Å². The highest BCUT2D eigenvalue weighted by atomic mass is 16.5. The summed E-state index contributed by atoms with van der Waals surface area (Å²) in [5, 5.41) is 3.66. The first kappa shape index (κ1) is 12.3. The molecule has 0 aromatic carbocycles. The number of aromatic nitrogens is 1. The van der Waals surface area contributed by atoms with E-state index >= 15 is 0 Å². The molecule has 1 N–H and O–H groups in total. The van der Waals surface area contributed by atoms with Gasteiger partial charge in [-0.1, -0.05) is 0 Å². The number of methoxy groups -OCH3 is 1. The van der Waals surface area contributed by atoms with Crippen molar-refractivity contribution in [3.63, 3.8) is 0 Å². The van der Waals surface area contributed by atoms with Gasteiger partial charge in [-0.2, -0.15) is 0 Å². The topological polar surface area (TPSA) is 51.2 Å². The summed E-state index contributed by atoms with van der Waals surface area (Å²) in [6.45, 7) is 0.804. The van der Waals surface area contributed by atoms with Crippen LogP contribution in [0.2, 0.25) is 0 Å². The van der Waals surface area contributed by atoms with Crippen LogP contribution in [0.5, 0.6) is 0 Å². The second-order valence-corrected chi connectivity index (χ2v) is 6.42. The van der Waals surface area contributed by atoms with E-state index in [2.05, 4.69) is 15.0 Å². The smallest absolute Gasteiger partial charge is 0.339 e. The summed E-state index contributed by atoms with van der Waals surface area (Å²) in [6.07, 6.45) is 5.99. The minimum atomic E-state index is -0.328. The van der Waals surface area contributed by atoms with Gasteiger partial charge in [0.15, 0.2) is 0 Å². The van der Waals surface area contributed by atoms with Crippen LogP contribution in [0.4, 0.5) is 0 Å². The monoisotopic (exact) mass is 272 g/mol. The number of carbonyl (C=O) groups excluding carboxylic acids is 1. The van der Waals surface area contributed by atoms with Crippen LogP contribution in [-0.4, -0.2) is 24.1 Å². The Balaban J connectivity index is 1.33. The number of nitrogens with zero attached hydrogens (tertiary/aromatic N) is 1. The summed E-state index contributed by atoms with van der Waals surface area (Å²) in [4.78, 5) is 15.7. The lowest BCUT2D eigenvalue weighted by molar-refractivity contribution is 0.0600. The summed E-state index contributed by atoms with van der Waals surface area (Å²) in [5.41, 5.74) is 1.51. The van der Waals surface area contributed by atoms with E-state index in [-0.39, 0.29) is 5.97 Å². The Morgan fingerprint density at radius 2 is 2.10 bits per heavy atom. The van der Waals surface area contributed by atoms with Gasteiger partial charge in [-0.25, -0.2) is 4.79 Å². The third-order valence-corrected chi connectivity index (χ3v) is 5.50. The number of ether oxygens (including phenoxy) is 1. The largest absolute Gasteiger partial charge is 0.465 e. The lowest BCUT2D eigenvalue weighted by atomic mass is 10.0. The van der Waals surface area contributed by atoms with Crippen LogP contribution < -0.4 is 5.32 Å². The fourth-order valence-corrected chi connectivity index (χ4v) is 4.59. The molecule has 0 spiro atoms. The number of esters is 1. The number of nitrogens with one attached hydrogen (secondary N) is 1. The summed E-state index contributed by atoms with van der Waals surface area (Å²) >= 11 is 0. The van der Waals surface area contributed by atoms with Gasteiger partial charge in [0.25, 0.3) is 0 Å². The zero-order valence-corrected chi connectivity index (χ0v) is 11.7. The maximum Gasteiger partial charge on any atom is 0.339 e. The molecule has 0 saturated heterocycles. The lowest BCUT2D eigenvalue weighted by Crippen LogP contribution is -2.23. The second kappa shape index (κ2) is 4.55. The summed E-state index contributed by atoms with van der Waals surface area (Å²) in [7, 11) is 1.39. The molecule has 0 aliphatic heterocycles. The molecule has 20 heavy (non-hydrogen) atoms. The van der Waals surface area contributed by atoms with Crippen LogP contribution >= 0.6 is 0 Å². The first-order valence-corrected chi connectivity index (χ1v) is 7.54. The molecule has 4 heteroatoms. The van der Waals surface area contributed by atoms with E-state index in [9.17, 15) is 4.79 Å². The SMILES string of the molecule is COC(=O)c1ccc(CNC2C3C4CCC(C4)C23)nc1. The zero-order valence-electron chi connectivity index (χ0n) is 11.7. The average molecular weight is 272 g/mol. The first-order chi connectivity index (χ1) is 9.78.